The van der Waals surface area contributed by atoms with Gasteiger partial charge >= 0.3 is 0 Å². The lowest BCUT2D eigenvalue weighted by atomic mass is 10.1. The van der Waals surface area contributed by atoms with Crippen molar-refractivity contribution in [1.82, 2.24) is 0 Å². The number of thioether (sulfide) groups is 1. The number of nitrogens with zero attached hydrogens (tertiary/aromatic N) is 1. The molecule has 0 fully saturated rings. The molecule has 0 aromatic heterocycles. The molecule has 1 aromatic carbocycles. The Bertz CT molecular complexity index is 312. The highest BCUT2D eigenvalue weighted by molar-refractivity contribution is 8.02. The van der Waals surface area contributed by atoms with E-state index in [1.54, 1.807) is 0 Å². The van der Waals surface area contributed by atoms with Gasteiger partial charge in [0.15, 0.2) is 0 Å². The van der Waals surface area contributed by atoms with E-state index in [0.29, 0.717) is 0 Å². The van der Waals surface area contributed by atoms with E-state index in [1.165, 1.54) is 28.5 Å². The predicted molar refractivity (Wildman–Crippen MR) is 52.8 cm³/mol. The van der Waals surface area contributed by atoms with Gasteiger partial charge < -0.3 is 0 Å². The molecule has 2 heteroatoms. The van der Waals surface area contributed by atoms with Gasteiger partial charge in [0, 0.05) is 5.75 Å². The molecule has 12 heavy (non-hydrogen) atoms. The zero-order valence-electron chi connectivity index (χ0n) is 7.29. The molecule has 0 amide bonds. The summed E-state index contributed by atoms with van der Waals surface area (Å²) in [5.41, 5.74) is 3.83. The fourth-order valence-electron chi connectivity index (χ4n) is 1.01. The number of benzene rings is 1. The van der Waals surface area contributed by atoms with Crippen LogP contribution in [0.4, 0.5) is 0 Å². The monoisotopic (exact) mass is 177 g/mol. The summed E-state index contributed by atoms with van der Waals surface area (Å²) in [6.45, 7) is 4.19. The smallest absolute Gasteiger partial charge is 0.133 e. The second-order valence-corrected chi connectivity index (χ2v) is 3.56. The van der Waals surface area contributed by atoms with E-state index < -0.39 is 0 Å². The molecule has 0 unspecified atom stereocenters. The third kappa shape index (κ3) is 2.28. The summed E-state index contributed by atoms with van der Waals surface area (Å²) >= 11 is 1.28. The Morgan fingerprint density at radius 1 is 1.33 bits per heavy atom. The highest BCUT2D eigenvalue weighted by Gasteiger charge is 1.95. The van der Waals surface area contributed by atoms with E-state index in [1.807, 2.05) is 0 Å². The topological polar surface area (TPSA) is 23.8 Å². The maximum absolute atomic E-state index is 8.36. The normalized spacial score (nSPS) is 9.42. The van der Waals surface area contributed by atoms with Crippen molar-refractivity contribution in [2.45, 2.75) is 19.6 Å². The van der Waals surface area contributed by atoms with Gasteiger partial charge in [-0.25, -0.2) is 0 Å². The standard InChI is InChI=1S/C10H11NS/c1-8-3-4-10(5-9(8)2)6-12-7-11/h3-5H,6H2,1-2H3. The molecule has 0 bridgehead atoms. The Balaban J connectivity index is 2.77. The molecular formula is C10H11NS. The average molecular weight is 177 g/mol. The third-order valence-corrected chi connectivity index (χ3v) is 2.48. The van der Waals surface area contributed by atoms with Crippen LogP contribution in [0.1, 0.15) is 16.7 Å². The Morgan fingerprint density at radius 3 is 2.67 bits per heavy atom. The zero-order chi connectivity index (χ0) is 8.97. The second-order valence-electron chi connectivity index (χ2n) is 2.80. The average Bonchev–Trinajstić information content (AvgIpc) is 2.07. The summed E-state index contributed by atoms with van der Waals surface area (Å²) in [5.74, 6) is 0.789. The first-order chi connectivity index (χ1) is 5.74. The number of rotatable bonds is 2. The van der Waals surface area contributed by atoms with Crippen LogP contribution in [0, 0.1) is 24.5 Å². The molecule has 1 rings (SSSR count). The molecule has 0 aliphatic heterocycles. The minimum Gasteiger partial charge on any atom is -0.185 e. The molecule has 0 saturated carbocycles. The van der Waals surface area contributed by atoms with Crippen molar-refractivity contribution in [2.24, 2.45) is 0 Å². The van der Waals surface area contributed by atoms with E-state index in [-0.39, 0.29) is 0 Å². The fourth-order valence-corrected chi connectivity index (χ4v) is 1.42. The summed E-state index contributed by atoms with van der Waals surface area (Å²) < 4.78 is 0. The van der Waals surface area contributed by atoms with Gasteiger partial charge in [0.05, 0.1) is 0 Å². The molecule has 0 aliphatic carbocycles. The lowest BCUT2D eigenvalue weighted by Gasteiger charge is -2.01. The quantitative estimate of drug-likeness (QED) is 0.648. The third-order valence-electron chi connectivity index (χ3n) is 1.87. The highest BCUT2D eigenvalue weighted by Crippen LogP contribution is 2.14. The molecule has 0 N–H and O–H groups in total. The van der Waals surface area contributed by atoms with Gasteiger partial charge in [0.1, 0.15) is 5.40 Å². The summed E-state index contributed by atoms with van der Waals surface area (Å²) in [4.78, 5) is 0. The summed E-state index contributed by atoms with van der Waals surface area (Å²) in [5, 5.41) is 10.4. The van der Waals surface area contributed by atoms with Gasteiger partial charge in [-0.2, -0.15) is 5.26 Å². The van der Waals surface area contributed by atoms with Crippen LogP contribution in [0.5, 0.6) is 0 Å². The first-order valence-corrected chi connectivity index (χ1v) is 4.79. The summed E-state index contributed by atoms with van der Waals surface area (Å²) in [6.07, 6.45) is 0. The van der Waals surface area contributed by atoms with Crippen molar-refractivity contribution in [3.8, 4) is 5.40 Å². The SMILES string of the molecule is Cc1ccc(CSC#N)cc1C. The maximum atomic E-state index is 8.36. The van der Waals surface area contributed by atoms with Crippen molar-refractivity contribution in [2.75, 3.05) is 0 Å². The van der Waals surface area contributed by atoms with E-state index in [0.717, 1.165) is 5.75 Å². The summed E-state index contributed by atoms with van der Waals surface area (Å²) in [7, 11) is 0. The van der Waals surface area contributed by atoms with Gasteiger partial charge in [-0.1, -0.05) is 18.2 Å². The molecule has 0 saturated heterocycles. The van der Waals surface area contributed by atoms with Crippen LogP contribution in [-0.4, -0.2) is 0 Å². The van der Waals surface area contributed by atoms with Crippen molar-refractivity contribution in [1.29, 1.82) is 5.26 Å². The maximum Gasteiger partial charge on any atom is 0.133 e. The van der Waals surface area contributed by atoms with Gasteiger partial charge in [-0.3, -0.25) is 0 Å². The van der Waals surface area contributed by atoms with Gasteiger partial charge in [-0.15, -0.1) is 0 Å². The predicted octanol–water partition coefficient (Wildman–Crippen LogP) is 3.02. The largest absolute Gasteiger partial charge is 0.185 e. The van der Waals surface area contributed by atoms with Crippen LogP contribution < -0.4 is 0 Å². The van der Waals surface area contributed by atoms with Gasteiger partial charge in [0.2, 0.25) is 0 Å². The first-order valence-electron chi connectivity index (χ1n) is 3.81. The second kappa shape index (κ2) is 4.18. The van der Waals surface area contributed by atoms with Gasteiger partial charge in [-0.05, 0) is 42.3 Å². The molecule has 1 nitrogen and oxygen atoms in total. The van der Waals surface area contributed by atoms with Crippen molar-refractivity contribution in [3.63, 3.8) is 0 Å². The van der Waals surface area contributed by atoms with Crippen molar-refractivity contribution < 1.29 is 0 Å². The molecule has 62 valence electrons. The first kappa shape index (κ1) is 9.15. The summed E-state index contributed by atoms with van der Waals surface area (Å²) in [6, 6.07) is 6.31. The van der Waals surface area contributed by atoms with Crippen LogP contribution in [0.3, 0.4) is 0 Å². The number of thiocyanates is 1. The Kier molecular flexibility index (Phi) is 3.19. The van der Waals surface area contributed by atoms with Crippen LogP contribution in [-0.2, 0) is 5.75 Å². The minimum absolute atomic E-state index is 0.789. The van der Waals surface area contributed by atoms with Crippen LogP contribution in [0.25, 0.3) is 0 Å². The Labute approximate surface area is 77.4 Å². The highest BCUT2D eigenvalue weighted by atomic mass is 32.2. The molecule has 0 radical (unpaired) electrons. The van der Waals surface area contributed by atoms with Crippen LogP contribution in [0.2, 0.25) is 0 Å². The number of hydrogen-bond acceptors (Lipinski definition) is 2. The Morgan fingerprint density at radius 2 is 2.08 bits per heavy atom. The van der Waals surface area contributed by atoms with E-state index >= 15 is 0 Å². The van der Waals surface area contributed by atoms with Crippen molar-refractivity contribution >= 4 is 11.8 Å². The molecule has 0 heterocycles. The number of nitriles is 1. The molecule has 1 aromatic rings. The molecule has 0 aliphatic rings. The van der Waals surface area contributed by atoms with E-state index in [4.69, 9.17) is 5.26 Å². The number of hydrogen-bond donors (Lipinski definition) is 0. The zero-order valence-corrected chi connectivity index (χ0v) is 8.11. The Hall–Kier alpha value is -0.940. The molecule has 0 spiro atoms. The molecular weight excluding hydrogens is 166 g/mol. The van der Waals surface area contributed by atoms with E-state index in [2.05, 4.69) is 37.4 Å². The van der Waals surface area contributed by atoms with Gasteiger partial charge in [0.25, 0.3) is 0 Å². The number of aryl methyl sites for hydroxylation is 2. The van der Waals surface area contributed by atoms with Crippen LogP contribution >= 0.6 is 11.8 Å². The van der Waals surface area contributed by atoms with Crippen molar-refractivity contribution in [3.05, 3.63) is 34.9 Å². The van der Waals surface area contributed by atoms with Crippen LogP contribution in [0.15, 0.2) is 18.2 Å². The minimum atomic E-state index is 0.789. The fraction of sp³-hybridized carbons (Fsp3) is 0.300. The lowest BCUT2D eigenvalue weighted by molar-refractivity contribution is 1.29. The molecule has 0 atom stereocenters. The van der Waals surface area contributed by atoms with E-state index in [9.17, 15) is 0 Å². The lowest BCUT2D eigenvalue weighted by Crippen LogP contribution is -1.84.